The quantitative estimate of drug-likeness (QED) is 0.183. The molecule has 238 valence electrons. The number of thiophene rings is 1. The van der Waals surface area contributed by atoms with Crippen LogP contribution in [0.15, 0.2) is 176 Å². The van der Waals surface area contributed by atoms with Crippen LogP contribution in [0.1, 0.15) is 0 Å². The number of pyridine rings is 1. The lowest BCUT2D eigenvalue weighted by molar-refractivity contribution is 1.14. The summed E-state index contributed by atoms with van der Waals surface area (Å²) < 4.78 is 7.58. The van der Waals surface area contributed by atoms with E-state index in [2.05, 4.69) is 185 Å². The average molecular weight is 668 g/mol. The van der Waals surface area contributed by atoms with E-state index in [1.165, 1.54) is 63.8 Å². The molecule has 0 fully saturated rings. The molecule has 0 N–H and O–H groups in total. The van der Waals surface area contributed by atoms with E-state index in [0.29, 0.717) is 0 Å². The summed E-state index contributed by atoms with van der Waals surface area (Å²) in [6, 6.07) is 63.6. The maximum atomic E-state index is 5.24. The predicted octanol–water partition coefficient (Wildman–Crippen LogP) is 13.0. The molecule has 0 saturated heterocycles. The molecule has 51 heavy (non-hydrogen) atoms. The molecule has 0 spiro atoms. The van der Waals surface area contributed by atoms with Crippen molar-refractivity contribution in [2.45, 2.75) is 0 Å². The normalized spacial score (nSPS) is 11.9. The molecular weight excluding hydrogens is 639 g/mol. The van der Waals surface area contributed by atoms with E-state index in [-0.39, 0.29) is 0 Å². The molecular formula is C47H29N3S. The number of rotatable bonds is 4. The van der Waals surface area contributed by atoms with E-state index < -0.39 is 0 Å². The first kappa shape index (κ1) is 28.4. The second-order valence-corrected chi connectivity index (χ2v) is 14.3. The molecule has 0 atom stereocenters. The van der Waals surface area contributed by atoms with Gasteiger partial charge in [-0.25, -0.2) is 4.98 Å². The van der Waals surface area contributed by atoms with E-state index in [0.717, 1.165) is 33.9 Å². The molecule has 0 unspecified atom stereocenters. The van der Waals surface area contributed by atoms with Crippen LogP contribution in [0.2, 0.25) is 0 Å². The van der Waals surface area contributed by atoms with Gasteiger partial charge in [0.05, 0.1) is 39.1 Å². The van der Waals surface area contributed by atoms with Crippen LogP contribution < -0.4 is 0 Å². The Morgan fingerprint density at radius 3 is 1.45 bits per heavy atom. The lowest BCUT2D eigenvalue weighted by Gasteiger charge is -2.15. The number of fused-ring (bicyclic) bond motifs is 10. The van der Waals surface area contributed by atoms with Gasteiger partial charge in [0.15, 0.2) is 0 Å². The van der Waals surface area contributed by atoms with Gasteiger partial charge in [-0.05, 0) is 48.5 Å². The van der Waals surface area contributed by atoms with Crippen molar-refractivity contribution in [2.75, 3.05) is 0 Å². The van der Waals surface area contributed by atoms with E-state index >= 15 is 0 Å². The third-order valence-electron chi connectivity index (χ3n) is 10.3. The smallest absolute Gasteiger partial charge is 0.0788 e. The minimum atomic E-state index is 0.945. The van der Waals surface area contributed by atoms with E-state index in [9.17, 15) is 0 Å². The van der Waals surface area contributed by atoms with Crippen molar-refractivity contribution in [3.63, 3.8) is 0 Å². The zero-order valence-corrected chi connectivity index (χ0v) is 28.3. The fourth-order valence-electron chi connectivity index (χ4n) is 8.05. The van der Waals surface area contributed by atoms with Crippen LogP contribution >= 0.6 is 11.3 Å². The van der Waals surface area contributed by atoms with Crippen LogP contribution in [0.3, 0.4) is 0 Å². The zero-order valence-electron chi connectivity index (χ0n) is 27.5. The standard InChI is InChI=1S/C47H29N3S/c1-3-13-30(14-4-1)40-28-33(29-41(48-40)31-15-5-2-6-16-31)50-43-21-11-8-18-35(43)38-25-24-37-34-17-7-10-20-42(34)49(46(37)47(38)50)32-23-26-45-39(27-32)36-19-9-12-22-44(36)51-45/h1-29H. The fraction of sp³-hybridized carbons (Fsp3) is 0. The Morgan fingerprint density at radius 2 is 0.843 bits per heavy atom. The van der Waals surface area contributed by atoms with Crippen LogP contribution in [-0.2, 0) is 0 Å². The van der Waals surface area contributed by atoms with Gasteiger partial charge in [0.25, 0.3) is 0 Å². The Labute approximate surface area is 297 Å². The van der Waals surface area contributed by atoms with E-state index in [1.807, 2.05) is 11.3 Å². The van der Waals surface area contributed by atoms with Crippen molar-refractivity contribution >= 4 is 75.1 Å². The summed E-state index contributed by atoms with van der Waals surface area (Å²) in [4.78, 5) is 5.24. The number of aromatic nitrogens is 3. The van der Waals surface area contributed by atoms with Crippen molar-refractivity contribution in [1.29, 1.82) is 0 Å². The third-order valence-corrected chi connectivity index (χ3v) is 11.4. The third kappa shape index (κ3) is 4.27. The number of hydrogen-bond donors (Lipinski definition) is 0. The highest BCUT2D eigenvalue weighted by Crippen LogP contribution is 2.43. The Balaban J connectivity index is 1.30. The topological polar surface area (TPSA) is 22.8 Å². The van der Waals surface area contributed by atoms with Gasteiger partial charge in [-0.2, -0.15) is 0 Å². The second-order valence-electron chi connectivity index (χ2n) is 13.2. The summed E-state index contributed by atoms with van der Waals surface area (Å²) in [6.45, 7) is 0. The number of para-hydroxylation sites is 2. The van der Waals surface area contributed by atoms with Crippen molar-refractivity contribution < 1.29 is 0 Å². The van der Waals surface area contributed by atoms with E-state index in [1.54, 1.807) is 0 Å². The van der Waals surface area contributed by atoms with Gasteiger partial charge in [-0.15, -0.1) is 11.3 Å². The SMILES string of the molecule is c1ccc(-c2cc(-n3c4ccccc4c4ccc5c6ccccc6n(-c6ccc7sc8ccccc8c7c6)c5c43)cc(-c3ccccc3)n2)cc1. The largest absolute Gasteiger partial charge is 0.307 e. The maximum absolute atomic E-state index is 5.24. The summed E-state index contributed by atoms with van der Waals surface area (Å²) in [5.74, 6) is 0. The van der Waals surface area contributed by atoms with Crippen LogP contribution in [0.25, 0.3) is 97.7 Å². The molecule has 0 aliphatic rings. The Bertz CT molecular complexity index is 3070. The first-order chi connectivity index (χ1) is 25.3. The Hall–Kier alpha value is -6.49. The van der Waals surface area contributed by atoms with Crippen LogP contribution in [0.4, 0.5) is 0 Å². The molecule has 4 heteroatoms. The Morgan fingerprint density at radius 1 is 0.353 bits per heavy atom. The molecule has 0 amide bonds. The molecule has 4 heterocycles. The highest BCUT2D eigenvalue weighted by Gasteiger charge is 2.22. The van der Waals surface area contributed by atoms with Crippen molar-refractivity contribution in [1.82, 2.24) is 14.1 Å². The number of hydrogen-bond acceptors (Lipinski definition) is 2. The Kier molecular flexibility index (Phi) is 6.12. The van der Waals surface area contributed by atoms with Crippen molar-refractivity contribution in [3.05, 3.63) is 176 Å². The number of benzene rings is 7. The van der Waals surface area contributed by atoms with Crippen molar-refractivity contribution in [3.8, 4) is 33.9 Å². The molecule has 0 radical (unpaired) electrons. The van der Waals surface area contributed by atoms with Crippen molar-refractivity contribution in [2.24, 2.45) is 0 Å². The second kappa shape index (κ2) is 11.0. The lowest BCUT2D eigenvalue weighted by Crippen LogP contribution is -2.00. The predicted molar refractivity (Wildman–Crippen MR) is 217 cm³/mol. The summed E-state index contributed by atoms with van der Waals surface area (Å²) in [5.41, 5.74) is 11.1. The molecule has 0 saturated carbocycles. The molecule has 3 nitrogen and oxygen atoms in total. The minimum absolute atomic E-state index is 0.945. The van der Waals surface area contributed by atoms with Gasteiger partial charge < -0.3 is 9.13 Å². The van der Waals surface area contributed by atoms with Crippen LogP contribution in [0.5, 0.6) is 0 Å². The van der Waals surface area contributed by atoms with Gasteiger partial charge >= 0.3 is 0 Å². The average Bonchev–Trinajstić information content (AvgIpc) is 3.86. The van der Waals surface area contributed by atoms with Gasteiger partial charge in [0.1, 0.15) is 0 Å². The summed E-state index contributed by atoms with van der Waals surface area (Å²) in [6.07, 6.45) is 0. The first-order valence-electron chi connectivity index (χ1n) is 17.3. The van der Waals surface area contributed by atoms with Gasteiger partial charge in [-0.3, -0.25) is 0 Å². The number of nitrogens with zero attached hydrogens (tertiary/aromatic N) is 3. The van der Waals surface area contributed by atoms with Crippen LogP contribution in [0, 0.1) is 0 Å². The lowest BCUT2D eigenvalue weighted by atomic mass is 10.1. The van der Waals surface area contributed by atoms with Gasteiger partial charge in [-0.1, -0.05) is 127 Å². The zero-order chi connectivity index (χ0) is 33.5. The highest BCUT2D eigenvalue weighted by molar-refractivity contribution is 7.25. The van der Waals surface area contributed by atoms with E-state index in [4.69, 9.17) is 4.98 Å². The monoisotopic (exact) mass is 667 g/mol. The molecule has 11 rings (SSSR count). The van der Waals surface area contributed by atoms with Crippen LogP contribution in [-0.4, -0.2) is 14.1 Å². The maximum Gasteiger partial charge on any atom is 0.0788 e. The van der Waals surface area contributed by atoms with Gasteiger partial charge in [0, 0.05) is 58.5 Å². The summed E-state index contributed by atoms with van der Waals surface area (Å²) >= 11 is 1.86. The molecule has 4 aromatic heterocycles. The molecule has 7 aromatic carbocycles. The fourth-order valence-corrected chi connectivity index (χ4v) is 9.14. The summed E-state index contributed by atoms with van der Waals surface area (Å²) in [5, 5.41) is 7.52. The minimum Gasteiger partial charge on any atom is -0.307 e. The van der Waals surface area contributed by atoms with Gasteiger partial charge in [0.2, 0.25) is 0 Å². The molecule has 0 aliphatic carbocycles. The molecule has 11 aromatic rings. The first-order valence-corrected chi connectivity index (χ1v) is 18.1. The molecule has 0 aliphatic heterocycles. The highest BCUT2D eigenvalue weighted by atomic mass is 32.1. The summed E-state index contributed by atoms with van der Waals surface area (Å²) in [7, 11) is 0. The molecule has 0 bridgehead atoms.